The standard InChI is InChI=1S/C19H27ClF2N6O2.HI/c1-4-29-9-5-8-23-19(25-12-17-27-26-13(2)28(17)3)24-11-14-10-15(20)6-7-16(14)30-18(21)22;/h6-7,10,18H,4-5,8-9,11-12H2,1-3H3,(H2,23,24,25);1H. The van der Waals surface area contributed by atoms with Crippen molar-refractivity contribution < 1.29 is 18.3 Å². The van der Waals surface area contributed by atoms with Crippen molar-refractivity contribution in [1.82, 2.24) is 25.4 Å². The molecule has 0 spiro atoms. The van der Waals surface area contributed by atoms with Gasteiger partial charge >= 0.3 is 6.61 Å². The molecule has 0 aliphatic heterocycles. The Morgan fingerprint density at radius 2 is 2.06 bits per heavy atom. The largest absolute Gasteiger partial charge is 0.434 e. The van der Waals surface area contributed by atoms with E-state index in [1.807, 2.05) is 25.5 Å². The summed E-state index contributed by atoms with van der Waals surface area (Å²) >= 11 is 6.01. The summed E-state index contributed by atoms with van der Waals surface area (Å²) in [6.45, 7) is 3.27. The zero-order valence-corrected chi connectivity index (χ0v) is 20.8. The van der Waals surface area contributed by atoms with Gasteiger partial charge in [0.2, 0.25) is 0 Å². The number of benzene rings is 1. The molecule has 0 saturated carbocycles. The number of hydrogen-bond donors (Lipinski definition) is 2. The third-order valence-corrected chi connectivity index (χ3v) is 4.44. The Hall–Kier alpha value is -1.73. The molecule has 1 heterocycles. The summed E-state index contributed by atoms with van der Waals surface area (Å²) in [5.74, 6) is 2.07. The number of hydrogen-bond acceptors (Lipinski definition) is 5. The van der Waals surface area contributed by atoms with Crippen molar-refractivity contribution in [3.63, 3.8) is 0 Å². The lowest BCUT2D eigenvalue weighted by Crippen LogP contribution is -2.38. The summed E-state index contributed by atoms with van der Waals surface area (Å²) in [6, 6.07) is 4.46. The molecular weight excluding hydrogens is 545 g/mol. The summed E-state index contributed by atoms with van der Waals surface area (Å²) in [4.78, 5) is 4.48. The molecule has 0 amide bonds. The summed E-state index contributed by atoms with van der Waals surface area (Å²) in [6.07, 6.45) is 0.786. The van der Waals surface area contributed by atoms with Crippen LogP contribution >= 0.6 is 35.6 Å². The molecule has 2 N–H and O–H groups in total. The number of aryl methyl sites for hydroxylation is 1. The smallest absolute Gasteiger partial charge is 0.387 e. The van der Waals surface area contributed by atoms with Gasteiger partial charge in [-0.25, -0.2) is 4.99 Å². The molecule has 0 bridgehead atoms. The molecular formula is C19H28ClF2IN6O2. The lowest BCUT2D eigenvalue weighted by atomic mass is 10.2. The van der Waals surface area contributed by atoms with Crippen molar-refractivity contribution in [2.24, 2.45) is 12.0 Å². The van der Waals surface area contributed by atoms with Crippen molar-refractivity contribution in [2.45, 2.75) is 40.0 Å². The van der Waals surface area contributed by atoms with Gasteiger partial charge in [0.05, 0.1) is 13.1 Å². The first-order chi connectivity index (χ1) is 14.4. The van der Waals surface area contributed by atoms with Crippen LogP contribution in [0.3, 0.4) is 0 Å². The molecule has 2 rings (SSSR count). The molecule has 0 unspecified atom stereocenters. The second kappa shape index (κ2) is 14.4. The van der Waals surface area contributed by atoms with E-state index in [9.17, 15) is 8.78 Å². The van der Waals surface area contributed by atoms with Gasteiger partial charge in [0, 0.05) is 37.4 Å². The Kier molecular flexibility index (Phi) is 12.6. The number of alkyl halides is 2. The number of aliphatic imine (C=N–C) groups is 1. The normalized spacial score (nSPS) is 11.4. The quantitative estimate of drug-likeness (QED) is 0.185. The molecule has 1 aromatic heterocycles. The first-order valence-electron chi connectivity index (χ1n) is 9.58. The van der Waals surface area contributed by atoms with Crippen LogP contribution in [-0.4, -0.2) is 47.1 Å². The third kappa shape index (κ3) is 9.52. The first kappa shape index (κ1) is 27.3. The van der Waals surface area contributed by atoms with E-state index in [4.69, 9.17) is 16.3 Å². The maximum Gasteiger partial charge on any atom is 0.387 e. The fourth-order valence-corrected chi connectivity index (χ4v) is 2.71. The van der Waals surface area contributed by atoms with Gasteiger partial charge in [-0.05, 0) is 38.5 Å². The van der Waals surface area contributed by atoms with E-state index < -0.39 is 6.61 Å². The van der Waals surface area contributed by atoms with Gasteiger partial charge in [0.15, 0.2) is 11.8 Å². The number of nitrogens with zero attached hydrogens (tertiary/aromatic N) is 4. The van der Waals surface area contributed by atoms with E-state index in [0.717, 1.165) is 18.1 Å². The minimum Gasteiger partial charge on any atom is -0.434 e. The van der Waals surface area contributed by atoms with Crippen molar-refractivity contribution in [2.75, 3.05) is 19.8 Å². The topological polar surface area (TPSA) is 85.6 Å². The van der Waals surface area contributed by atoms with E-state index in [0.29, 0.717) is 42.8 Å². The molecule has 1 aromatic carbocycles. The fraction of sp³-hybridized carbons (Fsp3) is 0.526. The first-order valence-corrected chi connectivity index (χ1v) is 9.96. The van der Waals surface area contributed by atoms with Crippen LogP contribution in [0.4, 0.5) is 8.78 Å². The number of ether oxygens (including phenoxy) is 2. The number of nitrogens with one attached hydrogen (secondary N) is 2. The summed E-state index contributed by atoms with van der Waals surface area (Å²) in [7, 11) is 1.87. The van der Waals surface area contributed by atoms with Gasteiger partial charge < -0.3 is 24.7 Å². The average Bonchev–Trinajstić information content (AvgIpc) is 3.02. The fourth-order valence-electron chi connectivity index (χ4n) is 2.51. The molecule has 0 radical (unpaired) electrons. The second-order valence-corrected chi connectivity index (χ2v) is 6.79. The number of rotatable bonds is 11. The SMILES string of the molecule is CCOCCCNC(=NCc1cc(Cl)ccc1OC(F)F)NCc1nnc(C)n1C.I. The van der Waals surface area contributed by atoms with E-state index in [-0.39, 0.29) is 36.3 Å². The molecule has 0 aliphatic carbocycles. The Morgan fingerprint density at radius 3 is 2.71 bits per heavy atom. The maximum atomic E-state index is 12.7. The van der Waals surface area contributed by atoms with Gasteiger partial charge in [-0.15, -0.1) is 34.2 Å². The highest BCUT2D eigenvalue weighted by Gasteiger charge is 2.11. The van der Waals surface area contributed by atoms with Crippen molar-refractivity contribution >= 4 is 41.5 Å². The highest BCUT2D eigenvalue weighted by atomic mass is 127. The third-order valence-electron chi connectivity index (χ3n) is 4.20. The highest BCUT2D eigenvalue weighted by Crippen LogP contribution is 2.25. The van der Waals surface area contributed by atoms with Crippen LogP contribution in [0.15, 0.2) is 23.2 Å². The van der Waals surface area contributed by atoms with Crippen LogP contribution in [0, 0.1) is 6.92 Å². The highest BCUT2D eigenvalue weighted by molar-refractivity contribution is 14.0. The second-order valence-electron chi connectivity index (χ2n) is 6.35. The van der Waals surface area contributed by atoms with Crippen molar-refractivity contribution in [1.29, 1.82) is 0 Å². The monoisotopic (exact) mass is 572 g/mol. The number of guanidine groups is 1. The molecule has 0 saturated heterocycles. The van der Waals surface area contributed by atoms with Gasteiger partial charge in [0.25, 0.3) is 0 Å². The van der Waals surface area contributed by atoms with Crippen LogP contribution in [-0.2, 0) is 24.9 Å². The van der Waals surface area contributed by atoms with E-state index in [2.05, 4.69) is 30.6 Å². The molecule has 0 fully saturated rings. The molecule has 174 valence electrons. The van der Waals surface area contributed by atoms with Crippen molar-refractivity contribution in [3.8, 4) is 5.75 Å². The lowest BCUT2D eigenvalue weighted by Gasteiger charge is -2.14. The average molecular weight is 573 g/mol. The predicted octanol–water partition coefficient (Wildman–Crippen LogP) is 3.66. The summed E-state index contributed by atoms with van der Waals surface area (Å²) < 4.78 is 37.1. The van der Waals surface area contributed by atoms with Gasteiger partial charge in [-0.2, -0.15) is 8.78 Å². The Bertz CT molecular complexity index is 838. The lowest BCUT2D eigenvalue weighted by molar-refractivity contribution is -0.0504. The summed E-state index contributed by atoms with van der Waals surface area (Å²) in [5, 5.41) is 14.9. The van der Waals surface area contributed by atoms with Gasteiger partial charge in [0.1, 0.15) is 11.6 Å². The molecule has 31 heavy (non-hydrogen) atoms. The Labute approximate surface area is 202 Å². The number of halogens is 4. The molecule has 2 aromatic rings. The van der Waals surface area contributed by atoms with E-state index in [1.54, 1.807) is 6.07 Å². The Morgan fingerprint density at radius 1 is 1.29 bits per heavy atom. The zero-order valence-electron chi connectivity index (χ0n) is 17.7. The molecule has 8 nitrogen and oxygen atoms in total. The zero-order chi connectivity index (χ0) is 21.9. The molecule has 0 aliphatic rings. The minimum absolute atomic E-state index is 0. The van der Waals surface area contributed by atoms with Crippen LogP contribution in [0.5, 0.6) is 5.75 Å². The van der Waals surface area contributed by atoms with Crippen LogP contribution in [0.1, 0.15) is 30.6 Å². The van der Waals surface area contributed by atoms with E-state index >= 15 is 0 Å². The molecule has 0 atom stereocenters. The Balaban J connectivity index is 0.00000480. The molecule has 12 heteroatoms. The minimum atomic E-state index is -2.93. The maximum absolute atomic E-state index is 12.7. The van der Waals surface area contributed by atoms with Gasteiger partial charge in [-0.1, -0.05) is 11.6 Å². The van der Waals surface area contributed by atoms with Crippen LogP contribution in [0.2, 0.25) is 5.02 Å². The summed E-state index contributed by atoms with van der Waals surface area (Å²) in [5.41, 5.74) is 0.452. The predicted molar refractivity (Wildman–Crippen MR) is 126 cm³/mol. The van der Waals surface area contributed by atoms with Gasteiger partial charge in [-0.3, -0.25) is 0 Å². The van der Waals surface area contributed by atoms with Crippen molar-refractivity contribution in [3.05, 3.63) is 40.4 Å². The van der Waals surface area contributed by atoms with E-state index in [1.165, 1.54) is 12.1 Å². The number of aromatic nitrogens is 3. The van der Waals surface area contributed by atoms with Crippen LogP contribution < -0.4 is 15.4 Å². The van der Waals surface area contributed by atoms with Crippen LogP contribution in [0.25, 0.3) is 0 Å².